The molecule has 0 aliphatic carbocycles. The van der Waals surface area contributed by atoms with E-state index in [0.29, 0.717) is 11.5 Å². The molecule has 0 saturated carbocycles. The van der Waals surface area contributed by atoms with E-state index < -0.39 is 0 Å². The molecule has 0 amide bonds. The van der Waals surface area contributed by atoms with E-state index in [2.05, 4.69) is 15.5 Å². The molecule has 0 fully saturated rings. The van der Waals surface area contributed by atoms with Gasteiger partial charge in [-0.1, -0.05) is 24.3 Å². The van der Waals surface area contributed by atoms with Crippen molar-refractivity contribution in [2.24, 2.45) is 5.10 Å². The molecule has 144 valence electrons. The molecule has 7 heteroatoms. The molecule has 3 N–H and O–H groups in total. The molecule has 28 heavy (non-hydrogen) atoms. The van der Waals surface area contributed by atoms with Gasteiger partial charge in [0.15, 0.2) is 11.5 Å². The lowest BCUT2D eigenvalue weighted by Crippen LogP contribution is -1.94. The van der Waals surface area contributed by atoms with Crippen molar-refractivity contribution in [3.63, 3.8) is 0 Å². The molecule has 0 bridgehead atoms. The molecule has 3 rings (SSSR count). The lowest BCUT2D eigenvalue weighted by atomic mass is 10.1. The number of nitrogens with zero attached hydrogens (tertiary/aromatic N) is 2. The normalized spacial score (nSPS) is 11.6. The number of nitrogens with two attached hydrogens (primary N) is 1. The first-order valence-electron chi connectivity index (χ1n) is 8.61. The van der Waals surface area contributed by atoms with Crippen LogP contribution in [0.1, 0.15) is 12.5 Å². The van der Waals surface area contributed by atoms with Gasteiger partial charge in [-0.2, -0.15) is 5.10 Å². The molecule has 0 radical (unpaired) electrons. The van der Waals surface area contributed by atoms with E-state index in [1.54, 1.807) is 14.2 Å². The van der Waals surface area contributed by atoms with E-state index in [4.69, 9.17) is 15.2 Å². The summed E-state index contributed by atoms with van der Waals surface area (Å²) in [6.07, 6.45) is 3.88. The SMILES string of the molecule is COc1ccc(/C=C/C(C)=N/Nc2nc(-c3ccc(N)cc3)cs2)cc1OC. The average molecular weight is 395 g/mol. The quantitative estimate of drug-likeness (QED) is 0.338. The number of rotatable bonds is 7. The summed E-state index contributed by atoms with van der Waals surface area (Å²) in [4.78, 5) is 4.55. The van der Waals surface area contributed by atoms with Crippen LogP contribution in [-0.4, -0.2) is 24.9 Å². The second kappa shape index (κ2) is 9.05. The van der Waals surface area contributed by atoms with Gasteiger partial charge in [0, 0.05) is 16.6 Å². The summed E-state index contributed by atoms with van der Waals surface area (Å²) >= 11 is 1.50. The first-order chi connectivity index (χ1) is 13.6. The van der Waals surface area contributed by atoms with Gasteiger partial charge in [-0.25, -0.2) is 4.98 Å². The Labute approximate surface area is 168 Å². The van der Waals surface area contributed by atoms with Crippen LogP contribution >= 0.6 is 11.3 Å². The number of benzene rings is 2. The molecular weight excluding hydrogens is 372 g/mol. The van der Waals surface area contributed by atoms with Crippen LogP contribution in [0.5, 0.6) is 11.5 Å². The van der Waals surface area contributed by atoms with Crippen LogP contribution < -0.4 is 20.6 Å². The fraction of sp³-hybridized carbons (Fsp3) is 0.143. The largest absolute Gasteiger partial charge is 0.493 e. The van der Waals surface area contributed by atoms with E-state index >= 15 is 0 Å². The summed E-state index contributed by atoms with van der Waals surface area (Å²) in [7, 11) is 3.24. The Balaban J connectivity index is 1.64. The molecule has 0 aliphatic rings. The Morgan fingerprint density at radius 1 is 1.11 bits per heavy atom. The summed E-state index contributed by atoms with van der Waals surface area (Å²) in [6.45, 7) is 1.92. The van der Waals surface area contributed by atoms with Crippen LogP contribution in [0.2, 0.25) is 0 Å². The smallest absolute Gasteiger partial charge is 0.203 e. The molecule has 0 saturated heterocycles. The molecule has 2 aromatic carbocycles. The monoisotopic (exact) mass is 394 g/mol. The molecule has 0 spiro atoms. The molecule has 1 heterocycles. The third-order valence-corrected chi connectivity index (χ3v) is 4.71. The zero-order valence-electron chi connectivity index (χ0n) is 16.0. The molecule has 0 unspecified atom stereocenters. The van der Waals surface area contributed by atoms with Crippen LogP contribution in [0, 0.1) is 0 Å². The number of hydrogen-bond donors (Lipinski definition) is 2. The average Bonchev–Trinajstić information content (AvgIpc) is 3.20. The minimum atomic E-state index is 0.690. The van der Waals surface area contributed by atoms with Gasteiger partial charge < -0.3 is 15.2 Å². The second-order valence-electron chi connectivity index (χ2n) is 5.97. The van der Waals surface area contributed by atoms with Crippen molar-refractivity contribution in [2.45, 2.75) is 6.92 Å². The lowest BCUT2D eigenvalue weighted by molar-refractivity contribution is 0.355. The van der Waals surface area contributed by atoms with Gasteiger partial charge in [-0.05, 0) is 42.8 Å². The van der Waals surface area contributed by atoms with Crippen molar-refractivity contribution in [2.75, 3.05) is 25.4 Å². The van der Waals surface area contributed by atoms with Crippen molar-refractivity contribution >= 4 is 33.9 Å². The van der Waals surface area contributed by atoms with E-state index in [0.717, 1.165) is 33.4 Å². The molecule has 0 aliphatic heterocycles. The predicted molar refractivity (Wildman–Crippen MR) is 117 cm³/mol. The number of hydrogen-bond acceptors (Lipinski definition) is 7. The zero-order valence-corrected chi connectivity index (χ0v) is 16.8. The van der Waals surface area contributed by atoms with E-state index in [9.17, 15) is 0 Å². The van der Waals surface area contributed by atoms with Gasteiger partial charge in [-0.15, -0.1) is 11.3 Å². The second-order valence-corrected chi connectivity index (χ2v) is 6.83. The standard InChI is InChI=1S/C21H22N4O2S/c1-14(4-5-15-6-11-19(26-2)20(12-15)27-3)24-25-21-23-18(13-28-21)16-7-9-17(22)10-8-16/h4-13H,22H2,1-3H3,(H,23,25)/b5-4+,24-14+. The summed E-state index contributed by atoms with van der Waals surface area (Å²) in [6, 6.07) is 13.4. The van der Waals surface area contributed by atoms with Crippen LogP contribution in [0.25, 0.3) is 17.3 Å². The maximum atomic E-state index is 5.72. The number of anilines is 2. The Hall–Kier alpha value is -3.32. The fourth-order valence-corrected chi connectivity index (χ4v) is 3.12. The minimum Gasteiger partial charge on any atom is -0.493 e. The first-order valence-corrected chi connectivity index (χ1v) is 9.49. The third kappa shape index (κ3) is 4.89. The highest BCUT2D eigenvalue weighted by atomic mass is 32.1. The number of hydrazone groups is 1. The van der Waals surface area contributed by atoms with E-state index in [1.807, 2.05) is 66.9 Å². The van der Waals surface area contributed by atoms with Gasteiger partial charge >= 0.3 is 0 Å². The van der Waals surface area contributed by atoms with Crippen molar-refractivity contribution < 1.29 is 9.47 Å². The summed E-state index contributed by atoms with van der Waals surface area (Å²) in [5, 5.41) is 7.07. The van der Waals surface area contributed by atoms with Crippen LogP contribution in [0.4, 0.5) is 10.8 Å². The Bertz CT molecular complexity index is 994. The molecule has 0 atom stereocenters. The Morgan fingerprint density at radius 2 is 1.86 bits per heavy atom. The Morgan fingerprint density at radius 3 is 2.57 bits per heavy atom. The highest BCUT2D eigenvalue weighted by molar-refractivity contribution is 7.14. The predicted octanol–water partition coefficient (Wildman–Crippen LogP) is 4.91. The number of thiazole rings is 1. The molecule has 1 aromatic heterocycles. The van der Waals surface area contributed by atoms with Crippen LogP contribution in [0.3, 0.4) is 0 Å². The summed E-state index contributed by atoms with van der Waals surface area (Å²) in [5.74, 6) is 1.39. The number of nitrogen functional groups attached to an aromatic ring is 1. The third-order valence-electron chi connectivity index (χ3n) is 3.96. The minimum absolute atomic E-state index is 0.690. The number of allylic oxidation sites excluding steroid dienone is 1. The van der Waals surface area contributed by atoms with E-state index in [1.165, 1.54) is 11.3 Å². The van der Waals surface area contributed by atoms with Crippen molar-refractivity contribution in [3.05, 3.63) is 59.5 Å². The molecular formula is C21H22N4O2S. The van der Waals surface area contributed by atoms with Gasteiger partial charge in [0.1, 0.15) is 0 Å². The highest BCUT2D eigenvalue weighted by Gasteiger charge is 2.04. The summed E-state index contributed by atoms with van der Waals surface area (Å²) < 4.78 is 10.6. The highest BCUT2D eigenvalue weighted by Crippen LogP contribution is 2.28. The summed E-state index contributed by atoms with van der Waals surface area (Å²) in [5.41, 5.74) is 13.2. The van der Waals surface area contributed by atoms with Crippen LogP contribution in [0.15, 0.2) is 59.0 Å². The topological polar surface area (TPSA) is 81.8 Å². The number of nitrogens with one attached hydrogen (secondary N) is 1. The number of aromatic nitrogens is 1. The zero-order chi connectivity index (χ0) is 19.9. The fourth-order valence-electron chi connectivity index (χ4n) is 2.46. The van der Waals surface area contributed by atoms with Gasteiger partial charge in [0.2, 0.25) is 5.13 Å². The van der Waals surface area contributed by atoms with Crippen molar-refractivity contribution in [1.29, 1.82) is 0 Å². The first kappa shape index (κ1) is 19.4. The molecule has 6 nitrogen and oxygen atoms in total. The lowest BCUT2D eigenvalue weighted by Gasteiger charge is -2.07. The van der Waals surface area contributed by atoms with Crippen molar-refractivity contribution in [3.8, 4) is 22.8 Å². The number of ether oxygens (including phenoxy) is 2. The van der Waals surface area contributed by atoms with Gasteiger partial charge in [-0.3, -0.25) is 5.43 Å². The van der Waals surface area contributed by atoms with E-state index in [-0.39, 0.29) is 0 Å². The maximum Gasteiger partial charge on any atom is 0.203 e. The van der Waals surface area contributed by atoms with Crippen LogP contribution in [-0.2, 0) is 0 Å². The molecule has 3 aromatic rings. The maximum absolute atomic E-state index is 5.72. The van der Waals surface area contributed by atoms with Gasteiger partial charge in [0.25, 0.3) is 0 Å². The van der Waals surface area contributed by atoms with Crippen molar-refractivity contribution in [1.82, 2.24) is 4.98 Å². The van der Waals surface area contributed by atoms with Gasteiger partial charge in [0.05, 0.1) is 25.6 Å². The Kier molecular flexibility index (Phi) is 6.29. The number of methoxy groups -OCH3 is 2.